The molecular formula is C22H34N4O2. The Bertz CT molecular complexity index is 656. The van der Waals surface area contributed by atoms with Gasteiger partial charge >= 0.3 is 0 Å². The van der Waals surface area contributed by atoms with Gasteiger partial charge in [0.25, 0.3) is 0 Å². The average Bonchev–Trinajstić information content (AvgIpc) is 2.70. The zero-order valence-corrected chi connectivity index (χ0v) is 17.5. The van der Waals surface area contributed by atoms with Gasteiger partial charge in [-0.05, 0) is 31.7 Å². The van der Waals surface area contributed by atoms with Crippen LogP contribution in [0.4, 0.5) is 0 Å². The van der Waals surface area contributed by atoms with Crippen molar-refractivity contribution in [2.75, 3.05) is 53.4 Å². The molecule has 2 saturated heterocycles. The summed E-state index contributed by atoms with van der Waals surface area (Å²) in [5.74, 6) is 0.363. The van der Waals surface area contributed by atoms with E-state index in [2.05, 4.69) is 21.6 Å². The van der Waals surface area contributed by atoms with Crippen LogP contribution in [0.25, 0.3) is 0 Å². The van der Waals surface area contributed by atoms with Crippen LogP contribution in [0.3, 0.4) is 0 Å². The first-order valence-electron chi connectivity index (χ1n) is 10.5. The number of piperazine rings is 1. The number of likely N-dealkylation sites (tertiary alicyclic amines) is 1. The lowest BCUT2D eigenvalue weighted by Gasteiger charge is -2.40. The van der Waals surface area contributed by atoms with Crippen LogP contribution in [-0.2, 0) is 9.59 Å². The average molecular weight is 387 g/mol. The van der Waals surface area contributed by atoms with Gasteiger partial charge in [0.05, 0.1) is 6.54 Å². The molecule has 0 aliphatic carbocycles. The molecule has 2 fully saturated rings. The molecule has 0 aromatic heterocycles. The summed E-state index contributed by atoms with van der Waals surface area (Å²) < 4.78 is 0. The van der Waals surface area contributed by atoms with Gasteiger partial charge in [0.15, 0.2) is 0 Å². The number of hydrogen-bond donors (Lipinski definition) is 0. The van der Waals surface area contributed by atoms with Crippen LogP contribution in [-0.4, -0.2) is 90.8 Å². The van der Waals surface area contributed by atoms with E-state index in [-0.39, 0.29) is 17.9 Å². The van der Waals surface area contributed by atoms with Crippen LogP contribution < -0.4 is 0 Å². The molecule has 1 aromatic carbocycles. The highest BCUT2D eigenvalue weighted by molar-refractivity contribution is 5.83. The summed E-state index contributed by atoms with van der Waals surface area (Å²) >= 11 is 0. The smallest absolute Gasteiger partial charge is 0.244 e. The molecule has 28 heavy (non-hydrogen) atoms. The Morgan fingerprint density at radius 3 is 2.32 bits per heavy atom. The minimum absolute atomic E-state index is 0.109. The number of likely N-dealkylation sites (N-methyl/N-ethyl adjacent to an activating group) is 1. The van der Waals surface area contributed by atoms with Crippen molar-refractivity contribution in [3.05, 3.63) is 35.9 Å². The third kappa shape index (κ3) is 4.92. The first kappa shape index (κ1) is 20.8. The van der Waals surface area contributed by atoms with Gasteiger partial charge < -0.3 is 9.80 Å². The van der Waals surface area contributed by atoms with E-state index in [1.807, 2.05) is 44.4 Å². The van der Waals surface area contributed by atoms with Crippen molar-refractivity contribution < 1.29 is 9.59 Å². The van der Waals surface area contributed by atoms with Crippen LogP contribution in [0.5, 0.6) is 0 Å². The van der Waals surface area contributed by atoms with Crippen molar-refractivity contribution in [3.8, 4) is 0 Å². The van der Waals surface area contributed by atoms with Crippen LogP contribution in [0, 0.1) is 0 Å². The summed E-state index contributed by atoms with van der Waals surface area (Å²) in [7, 11) is 3.62. The lowest BCUT2D eigenvalue weighted by Crippen LogP contribution is -2.54. The minimum atomic E-state index is -0.254. The summed E-state index contributed by atoms with van der Waals surface area (Å²) in [4.78, 5) is 33.8. The Morgan fingerprint density at radius 2 is 1.71 bits per heavy atom. The topological polar surface area (TPSA) is 47.1 Å². The molecule has 2 heterocycles. The summed E-state index contributed by atoms with van der Waals surface area (Å²) in [6, 6.07) is 10.1. The Hall–Kier alpha value is -1.92. The van der Waals surface area contributed by atoms with E-state index in [0.29, 0.717) is 12.6 Å². The quantitative estimate of drug-likeness (QED) is 0.775. The van der Waals surface area contributed by atoms with Crippen molar-refractivity contribution in [1.82, 2.24) is 19.6 Å². The Kier molecular flexibility index (Phi) is 7.08. The summed E-state index contributed by atoms with van der Waals surface area (Å²) in [6.07, 6.45) is 3.46. The second kappa shape index (κ2) is 9.52. The SMILES string of the molecule is CC1CCCCN1C(=O)CN1CCN(C(C(=O)N(C)C)c2ccccc2)CC1. The number of carbonyl (C=O) groups excluding carboxylic acids is 2. The normalized spacial score (nSPS) is 22.7. The molecule has 3 rings (SSSR count). The molecule has 154 valence electrons. The highest BCUT2D eigenvalue weighted by Gasteiger charge is 2.32. The molecule has 0 spiro atoms. The monoisotopic (exact) mass is 386 g/mol. The Balaban J connectivity index is 1.59. The van der Waals surface area contributed by atoms with Gasteiger partial charge in [0.2, 0.25) is 11.8 Å². The molecule has 2 aliphatic rings. The fourth-order valence-corrected chi connectivity index (χ4v) is 4.32. The molecule has 2 unspecified atom stereocenters. The summed E-state index contributed by atoms with van der Waals surface area (Å²) in [5, 5.41) is 0. The van der Waals surface area contributed by atoms with E-state index in [9.17, 15) is 9.59 Å². The second-order valence-corrected chi connectivity index (χ2v) is 8.29. The number of carbonyl (C=O) groups is 2. The predicted molar refractivity (Wildman–Crippen MR) is 111 cm³/mol. The van der Waals surface area contributed by atoms with Crippen molar-refractivity contribution in [2.24, 2.45) is 0 Å². The molecule has 1 aromatic rings. The van der Waals surface area contributed by atoms with E-state index in [1.54, 1.807) is 4.90 Å². The van der Waals surface area contributed by atoms with Crippen LogP contribution in [0.15, 0.2) is 30.3 Å². The molecule has 2 aliphatic heterocycles. The van der Waals surface area contributed by atoms with Crippen LogP contribution in [0.2, 0.25) is 0 Å². The number of benzene rings is 1. The van der Waals surface area contributed by atoms with E-state index in [1.165, 1.54) is 6.42 Å². The fraction of sp³-hybridized carbons (Fsp3) is 0.636. The maximum absolute atomic E-state index is 12.9. The highest BCUT2D eigenvalue weighted by Crippen LogP contribution is 2.24. The first-order chi connectivity index (χ1) is 13.5. The van der Waals surface area contributed by atoms with Gasteiger partial charge in [-0.2, -0.15) is 0 Å². The van der Waals surface area contributed by atoms with Gasteiger partial charge in [-0.3, -0.25) is 19.4 Å². The molecule has 6 nitrogen and oxygen atoms in total. The predicted octanol–water partition coefficient (Wildman–Crippen LogP) is 1.83. The number of amides is 2. The molecule has 2 atom stereocenters. The second-order valence-electron chi connectivity index (χ2n) is 8.29. The van der Waals surface area contributed by atoms with Crippen molar-refractivity contribution in [1.29, 1.82) is 0 Å². The first-order valence-corrected chi connectivity index (χ1v) is 10.5. The third-order valence-corrected chi connectivity index (χ3v) is 6.04. The number of rotatable bonds is 5. The molecule has 2 amide bonds. The minimum Gasteiger partial charge on any atom is -0.347 e. The van der Waals surface area contributed by atoms with Crippen LogP contribution >= 0.6 is 0 Å². The van der Waals surface area contributed by atoms with E-state index in [4.69, 9.17) is 0 Å². The van der Waals surface area contributed by atoms with Crippen LogP contribution in [0.1, 0.15) is 37.8 Å². The number of nitrogens with zero attached hydrogens (tertiary/aromatic N) is 4. The molecule has 0 N–H and O–H groups in total. The number of hydrogen-bond acceptors (Lipinski definition) is 4. The summed E-state index contributed by atoms with van der Waals surface area (Å²) in [5.41, 5.74) is 1.04. The molecule has 0 saturated carbocycles. The molecule has 0 bridgehead atoms. The maximum atomic E-state index is 12.9. The van der Waals surface area contributed by atoms with Gasteiger partial charge in [0.1, 0.15) is 6.04 Å². The van der Waals surface area contributed by atoms with Crippen molar-refractivity contribution >= 4 is 11.8 Å². The largest absolute Gasteiger partial charge is 0.347 e. The van der Waals surface area contributed by atoms with E-state index in [0.717, 1.165) is 51.1 Å². The zero-order chi connectivity index (χ0) is 20.1. The van der Waals surface area contributed by atoms with Gasteiger partial charge in [0, 0.05) is 52.9 Å². The highest BCUT2D eigenvalue weighted by atomic mass is 16.2. The summed E-state index contributed by atoms with van der Waals surface area (Å²) in [6.45, 7) is 6.77. The third-order valence-electron chi connectivity index (χ3n) is 6.04. The Morgan fingerprint density at radius 1 is 1.04 bits per heavy atom. The van der Waals surface area contributed by atoms with E-state index < -0.39 is 0 Å². The lowest BCUT2D eigenvalue weighted by atomic mass is 10.0. The van der Waals surface area contributed by atoms with E-state index >= 15 is 0 Å². The van der Waals surface area contributed by atoms with Gasteiger partial charge in [-0.15, -0.1) is 0 Å². The standard InChI is InChI=1S/C22H34N4O2/c1-18-9-7-8-12-26(18)20(27)17-24-13-15-25(16-14-24)21(22(28)23(2)3)19-10-5-4-6-11-19/h4-6,10-11,18,21H,7-9,12-17H2,1-3H3. The van der Waals surface area contributed by atoms with Gasteiger partial charge in [-0.1, -0.05) is 30.3 Å². The molecule has 6 heteroatoms. The Labute approximate surface area is 169 Å². The fourth-order valence-electron chi connectivity index (χ4n) is 4.32. The lowest BCUT2D eigenvalue weighted by molar-refractivity contribution is -0.138. The van der Waals surface area contributed by atoms with Crippen molar-refractivity contribution in [2.45, 2.75) is 38.3 Å². The maximum Gasteiger partial charge on any atom is 0.244 e. The number of piperidine rings is 1. The van der Waals surface area contributed by atoms with Crippen molar-refractivity contribution in [3.63, 3.8) is 0 Å². The van der Waals surface area contributed by atoms with Gasteiger partial charge in [-0.25, -0.2) is 0 Å². The molecular weight excluding hydrogens is 352 g/mol. The zero-order valence-electron chi connectivity index (χ0n) is 17.5. The molecule has 0 radical (unpaired) electrons.